The van der Waals surface area contributed by atoms with E-state index in [4.69, 9.17) is 0 Å². The Morgan fingerprint density at radius 2 is 1.56 bits per heavy atom. The van der Waals surface area contributed by atoms with Gasteiger partial charge in [0.05, 0.1) is 6.04 Å². The van der Waals surface area contributed by atoms with Crippen molar-refractivity contribution < 1.29 is 4.79 Å². The van der Waals surface area contributed by atoms with Gasteiger partial charge in [-0.3, -0.25) is 4.79 Å². The van der Waals surface area contributed by atoms with Gasteiger partial charge in [0.25, 0.3) is 0 Å². The molecule has 0 aliphatic rings. The zero-order valence-corrected chi connectivity index (χ0v) is 17.3. The molecule has 3 heteroatoms. The third kappa shape index (κ3) is 5.30. The maximum Gasteiger partial charge on any atom is 0.165 e. The molecule has 138 valence electrons. The molecule has 1 unspecified atom stereocenters. The van der Waals surface area contributed by atoms with Crippen molar-refractivity contribution in [3.05, 3.63) is 99.5 Å². The molecule has 0 heterocycles. The van der Waals surface area contributed by atoms with Crippen molar-refractivity contribution in [1.82, 2.24) is 0 Å². The highest BCUT2D eigenvalue weighted by molar-refractivity contribution is 9.10. The van der Waals surface area contributed by atoms with Crippen LogP contribution >= 0.6 is 15.9 Å². The number of nitrogens with one attached hydrogen (secondary N) is 1. The second-order valence-electron chi connectivity index (χ2n) is 6.79. The average molecular weight is 422 g/mol. The minimum atomic E-state index is -0.0839. The third-order valence-electron chi connectivity index (χ3n) is 4.74. The van der Waals surface area contributed by atoms with Crippen LogP contribution in [0.2, 0.25) is 0 Å². The average Bonchev–Trinajstić information content (AvgIpc) is 2.69. The second kappa shape index (κ2) is 9.01. The number of benzene rings is 3. The first-order valence-electron chi connectivity index (χ1n) is 9.26. The SMILES string of the molecule is CCc1ccc(NC(CC(=O)c2ccc(C)cc2)c2ccc(Br)cc2)cc1. The number of carbonyl (C=O) groups excluding carboxylic acids is 1. The fourth-order valence-corrected chi connectivity index (χ4v) is 3.29. The zero-order valence-electron chi connectivity index (χ0n) is 15.7. The van der Waals surface area contributed by atoms with Crippen molar-refractivity contribution in [2.75, 3.05) is 5.32 Å². The van der Waals surface area contributed by atoms with E-state index in [1.807, 2.05) is 43.3 Å². The van der Waals surface area contributed by atoms with Crippen molar-refractivity contribution in [2.24, 2.45) is 0 Å². The number of aryl methyl sites for hydroxylation is 2. The number of rotatable bonds is 7. The molecule has 1 N–H and O–H groups in total. The van der Waals surface area contributed by atoms with E-state index in [1.165, 1.54) is 5.56 Å². The summed E-state index contributed by atoms with van der Waals surface area (Å²) in [6.07, 6.45) is 1.42. The highest BCUT2D eigenvalue weighted by atomic mass is 79.9. The van der Waals surface area contributed by atoms with Crippen molar-refractivity contribution in [2.45, 2.75) is 32.7 Å². The Labute approximate surface area is 169 Å². The summed E-state index contributed by atoms with van der Waals surface area (Å²) in [6, 6.07) is 24.3. The van der Waals surface area contributed by atoms with Crippen LogP contribution in [0.1, 0.15) is 46.4 Å². The minimum Gasteiger partial charge on any atom is -0.378 e. The lowest BCUT2D eigenvalue weighted by Crippen LogP contribution is -2.16. The molecule has 2 nitrogen and oxygen atoms in total. The Hall–Kier alpha value is -2.39. The van der Waals surface area contributed by atoms with E-state index in [0.717, 1.165) is 33.3 Å². The minimum absolute atomic E-state index is 0.0839. The first kappa shape index (κ1) is 19.4. The molecule has 3 aromatic carbocycles. The van der Waals surface area contributed by atoms with Gasteiger partial charge in [-0.05, 0) is 48.7 Å². The molecule has 3 aromatic rings. The molecule has 3 rings (SSSR count). The molecule has 0 spiro atoms. The molecule has 0 bridgehead atoms. The van der Waals surface area contributed by atoms with Crippen molar-refractivity contribution >= 4 is 27.4 Å². The standard InChI is InChI=1S/C24H24BrNO/c1-3-18-6-14-22(15-7-18)26-23(19-10-12-21(25)13-11-19)16-24(27)20-8-4-17(2)5-9-20/h4-15,23,26H,3,16H2,1-2H3. The van der Waals surface area contributed by atoms with Gasteiger partial charge < -0.3 is 5.32 Å². The summed E-state index contributed by atoms with van der Waals surface area (Å²) in [5.74, 6) is 0.139. The van der Waals surface area contributed by atoms with Crippen LogP contribution in [-0.2, 0) is 6.42 Å². The molecule has 0 saturated heterocycles. The first-order valence-corrected chi connectivity index (χ1v) is 10.1. The van der Waals surface area contributed by atoms with Crippen LogP contribution in [0.15, 0.2) is 77.3 Å². The summed E-state index contributed by atoms with van der Waals surface area (Å²) in [7, 11) is 0. The number of anilines is 1. The van der Waals surface area contributed by atoms with Gasteiger partial charge in [-0.1, -0.05) is 76.9 Å². The lowest BCUT2D eigenvalue weighted by Gasteiger charge is -2.20. The number of halogens is 1. The zero-order chi connectivity index (χ0) is 19.2. The summed E-state index contributed by atoms with van der Waals surface area (Å²) in [5.41, 5.74) is 5.34. The Morgan fingerprint density at radius 1 is 0.926 bits per heavy atom. The third-order valence-corrected chi connectivity index (χ3v) is 5.27. The van der Waals surface area contributed by atoms with Gasteiger partial charge in [0.15, 0.2) is 5.78 Å². The lowest BCUT2D eigenvalue weighted by molar-refractivity contribution is 0.0976. The molecule has 0 aromatic heterocycles. The van der Waals surface area contributed by atoms with Gasteiger partial charge in [-0.25, -0.2) is 0 Å². The molecule has 0 aliphatic heterocycles. The van der Waals surface area contributed by atoms with Crippen molar-refractivity contribution in [3.8, 4) is 0 Å². The fraction of sp³-hybridized carbons (Fsp3) is 0.208. The number of hydrogen-bond acceptors (Lipinski definition) is 2. The fourth-order valence-electron chi connectivity index (χ4n) is 3.03. The monoisotopic (exact) mass is 421 g/mol. The summed E-state index contributed by atoms with van der Waals surface area (Å²) < 4.78 is 1.03. The predicted octanol–water partition coefficient (Wildman–Crippen LogP) is 6.75. The molecule has 0 aliphatic carbocycles. The smallest absolute Gasteiger partial charge is 0.165 e. The van der Waals surface area contributed by atoms with Crippen LogP contribution in [0, 0.1) is 6.92 Å². The van der Waals surface area contributed by atoms with Crippen LogP contribution in [0.5, 0.6) is 0 Å². The Kier molecular flexibility index (Phi) is 6.46. The predicted molar refractivity (Wildman–Crippen MR) is 116 cm³/mol. The molecular formula is C24H24BrNO. The van der Waals surface area contributed by atoms with Crippen LogP contribution in [-0.4, -0.2) is 5.78 Å². The van der Waals surface area contributed by atoms with E-state index in [0.29, 0.717) is 6.42 Å². The summed E-state index contributed by atoms with van der Waals surface area (Å²) in [6.45, 7) is 4.17. The van der Waals surface area contributed by atoms with E-state index < -0.39 is 0 Å². The van der Waals surface area contributed by atoms with Gasteiger partial charge in [0, 0.05) is 22.1 Å². The summed E-state index contributed by atoms with van der Waals surface area (Å²) >= 11 is 3.48. The number of hydrogen-bond donors (Lipinski definition) is 1. The molecule has 0 saturated carbocycles. The van der Waals surface area contributed by atoms with E-state index in [1.54, 1.807) is 0 Å². The quantitative estimate of drug-likeness (QED) is 0.427. The first-order chi connectivity index (χ1) is 13.0. The van der Waals surface area contributed by atoms with Crippen LogP contribution in [0.3, 0.4) is 0 Å². The van der Waals surface area contributed by atoms with Gasteiger partial charge in [-0.2, -0.15) is 0 Å². The van der Waals surface area contributed by atoms with Crippen LogP contribution < -0.4 is 5.32 Å². The van der Waals surface area contributed by atoms with Gasteiger partial charge in [-0.15, -0.1) is 0 Å². The van der Waals surface area contributed by atoms with Gasteiger partial charge in [0.2, 0.25) is 0 Å². The Morgan fingerprint density at radius 3 is 2.15 bits per heavy atom. The highest BCUT2D eigenvalue weighted by Crippen LogP contribution is 2.26. The molecule has 0 amide bonds. The largest absolute Gasteiger partial charge is 0.378 e. The lowest BCUT2D eigenvalue weighted by atomic mass is 9.97. The molecule has 1 atom stereocenters. The molecule has 0 radical (unpaired) electrons. The van der Waals surface area contributed by atoms with E-state index in [2.05, 4.69) is 64.6 Å². The topological polar surface area (TPSA) is 29.1 Å². The normalized spacial score (nSPS) is 11.8. The van der Waals surface area contributed by atoms with E-state index >= 15 is 0 Å². The van der Waals surface area contributed by atoms with Crippen molar-refractivity contribution in [3.63, 3.8) is 0 Å². The highest BCUT2D eigenvalue weighted by Gasteiger charge is 2.17. The van der Waals surface area contributed by atoms with Crippen LogP contribution in [0.4, 0.5) is 5.69 Å². The second-order valence-corrected chi connectivity index (χ2v) is 7.71. The maximum atomic E-state index is 12.8. The maximum absolute atomic E-state index is 12.8. The molecular weight excluding hydrogens is 398 g/mol. The summed E-state index contributed by atoms with van der Waals surface area (Å²) in [4.78, 5) is 12.8. The van der Waals surface area contributed by atoms with Crippen molar-refractivity contribution in [1.29, 1.82) is 0 Å². The molecule has 0 fully saturated rings. The number of ketones is 1. The van der Waals surface area contributed by atoms with Gasteiger partial charge >= 0.3 is 0 Å². The van der Waals surface area contributed by atoms with Crippen LogP contribution in [0.25, 0.3) is 0 Å². The summed E-state index contributed by atoms with van der Waals surface area (Å²) in [5, 5.41) is 3.54. The van der Waals surface area contributed by atoms with E-state index in [9.17, 15) is 4.79 Å². The number of carbonyl (C=O) groups is 1. The molecule has 27 heavy (non-hydrogen) atoms. The Balaban J connectivity index is 1.83. The van der Waals surface area contributed by atoms with Gasteiger partial charge in [0.1, 0.15) is 0 Å². The number of Topliss-reactive ketones (excluding diaryl/α,β-unsaturated/α-hetero) is 1. The van der Waals surface area contributed by atoms with E-state index in [-0.39, 0.29) is 11.8 Å². The Bertz CT molecular complexity index is 883.